The SMILES string of the molecule is CC1CCCN(CC(=O)N(C)Cc2ccccc2Br)C1CN. The van der Waals surface area contributed by atoms with Crippen molar-refractivity contribution in [3.8, 4) is 0 Å². The summed E-state index contributed by atoms with van der Waals surface area (Å²) in [5.74, 6) is 0.725. The van der Waals surface area contributed by atoms with Crippen LogP contribution in [0.5, 0.6) is 0 Å². The van der Waals surface area contributed by atoms with Gasteiger partial charge in [-0.05, 0) is 36.9 Å². The number of carbonyl (C=O) groups excluding carboxylic acids is 1. The van der Waals surface area contributed by atoms with E-state index in [0.717, 1.165) is 23.0 Å². The zero-order valence-electron chi connectivity index (χ0n) is 13.5. The fourth-order valence-corrected chi connectivity index (χ4v) is 3.59. The van der Waals surface area contributed by atoms with Gasteiger partial charge in [0.15, 0.2) is 0 Å². The maximum Gasteiger partial charge on any atom is 0.236 e. The van der Waals surface area contributed by atoms with Gasteiger partial charge in [-0.1, -0.05) is 41.1 Å². The van der Waals surface area contributed by atoms with Crippen molar-refractivity contribution in [2.24, 2.45) is 11.7 Å². The number of hydrogen-bond donors (Lipinski definition) is 1. The zero-order chi connectivity index (χ0) is 16.1. The Labute approximate surface area is 141 Å². The summed E-state index contributed by atoms with van der Waals surface area (Å²) in [7, 11) is 1.87. The van der Waals surface area contributed by atoms with Crippen LogP contribution in [0.25, 0.3) is 0 Å². The van der Waals surface area contributed by atoms with Crippen molar-refractivity contribution in [1.29, 1.82) is 0 Å². The van der Waals surface area contributed by atoms with Crippen molar-refractivity contribution < 1.29 is 4.79 Å². The molecule has 122 valence electrons. The molecule has 2 unspecified atom stereocenters. The predicted molar refractivity (Wildman–Crippen MR) is 93.4 cm³/mol. The summed E-state index contributed by atoms with van der Waals surface area (Å²) in [5, 5.41) is 0. The van der Waals surface area contributed by atoms with E-state index >= 15 is 0 Å². The van der Waals surface area contributed by atoms with Crippen LogP contribution in [0.2, 0.25) is 0 Å². The van der Waals surface area contributed by atoms with Crippen LogP contribution in [0.4, 0.5) is 0 Å². The Morgan fingerprint density at radius 2 is 2.18 bits per heavy atom. The van der Waals surface area contributed by atoms with Crippen LogP contribution in [0.1, 0.15) is 25.3 Å². The Morgan fingerprint density at radius 3 is 2.86 bits per heavy atom. The summed E-state index contributed by atoms with van der Waals surface area (Å²) >= 11 is 3.54. The van der Waals surface area contributed by atoms with Crippen LogP contribution >= 0.6 is 15.9 Å². The van der Waals surface area contributed by atoms with Crippen LogP contribution in [-0.4, -0.2) is 48.4 Å². The monoisotopic (exact) mass is 367 g/mol. The molecule has 1 heterocycles. The lowest BCUT2D eigenvalue weighted by molar-refractivity contribution is -0.132. The summed E-state index contributed by atoms with van der Waals surface area (Å²) in [6.07, 6.45) is 2.36. The first kappa shape index (κ1) is 17.4. The molecule has 2 atom stereocenters. The smallest absolute Gasteiger partial charge is 0.236 e. The summed E-state index contributed by atoms with van der Waals surface area (Å²) in [5.41, 5.74) is 7.03. The molecule has 0 spiro atoms. The topological polar surface area (TPSA) is 49.6 Å². The zero-order valence-corrected chi connectivity index (χ0v) is 15.1. The van der Waals surface area contributed by atoms with E-state index < -0.39 is 0 Å². The van der Waals surface area contributed by atoms with Crippen LogP contribution in [0, 0.1) is 5.92 Å². The van der Waals surface area contributed by atoms with Gasteiger partial charge < -0.3 is 10.6 Å². The average molecular weight is 368 g/mol. The summed E-state index contributed by atoms with van der Waals surface area (Å²) in [4.78, 5) is 16.6. The number of rotatable bonds is 5. The lowest BCUT2D eigenvalue weighted by Crippen LogP contribution is -2.52. The number of nitrogens with two attached hydrogens (primary N) is 1. The van der Waals surface area contributed by atoms with Crippen molar-refractivity contribution in [3.63, 3.8) is 0 Å². The highest BCUT2D eigenvalue weighted by molar-refractivity contribution is 9.10. The van der Waals surface area contributed by atoms with E-state index in [-0.39, 0.29) is 5.91 Å². The molecule has 1 aromatic rings. The first-order valence-corrected chi connectivity index (χ1v) is 8.73. The quantitative estimate of drug-likeness (QED) is 0.869. The van der Waals surface area contributed by atoms with Gasteiger partial charge in [-0.3, -0.25) is 9.69 Å². The fraction of sp³-hybridized carbons (Fsp3) is 0.588. The molecule has 1 aliphatic rings. The number of carbonyl (C=O) groups is 1. The Bertz CT molecular complexity index is 508. The van der Waals surface area contributed by atoms with E-state index in [0.29, 0.717) is 31.6 Å². The molecule has 1 aliphatic heterocycles. The molecule has 1 amide bonds. The second-order valence-corrected chi connectivity index (χ2v) is 7.09. The molecule has 0 bridgehead atoms. The molecule has 0 aromatic heterocycles. The number of amides is 1. The van der Waals surface area contributed by atoms with Gasteiger partial charge in [0.05, 0.1) is 6.54 Å². The Balaban J connectivity index is 1.95. The first-order valence-electron chi connectivity index (χ1n) is 7.94. The molecule has 2 rings (SSSR count). The van der Waals surface area contributed by atoms with Gasteiger partial charge in [-0.2, -0.15) is 0 Å². The van der Waals surface area contributed by atoms with Gasteiger partial charge in [0.2, 0.25) is 5.91 Å². The molecule has 0 saturated carbocycles. The van der Waals surface area contributed by atoms with Crippen LogP contribution in [-0.2, 0) is 11.3 Å². The number of likely N-dealkylation sites (N-methyl/N-ethyl adjacent to an activating group) is 1. The van der Waals surface area contributed by atoms with Crippen LogP contribution < -0.4 is 5.73 Å². The molecule has 4 nitrogen and oxygen atoms in total. The van der Waals surface area contributed by atoms with Gasteiger partial charge in [0.25, 0.3) is 0 Å². The Kier molecular flexibility index (Phi) is 6.41. The largest absolute Gasteiger partial charge is 0.340 e. The first-order chi connectivity index (χ1) is 10.5. The van der Waals surface area contributed by atoms with Gasteiger partial charge >= 0.3 is 0 Å². The summed E-state index contributed by atoms with van der Waals surface area (Å²) in [6, 6.07) is 8.35. The highest BCUT2D eigenvalue weighted by Crippen LogP contribution is 2.23. The highest BCUT2D eigenvalue weighted by atomic mass is 79.9. The van der Waals surface area contributed by atoms with Crippen molar-refractivity contribution in [2.75, 3.05) is 26.7 Å². The summed E-state index contributed by atoms with van der Waals surface area (Å²) < 4.78 is 1.04. The van der Waals surface area contributed by atoms with E-state index in [2.05, 4.69) is 27.8 Å². The maximum absolute atomic E-state index is 12.5. The standard InChI is InChI=1S/C17H26BrN3O/c1-13-6-5-9-21(16(13)10-19)12-17(22)20(2)11-14-7-3-4-8-15(14)18/h3-4,7-8,13,16H,5-6,9-12,19H2,1-2H3. The normalized spacial score (nSPS) is 22.5. The fourth-order valence-electron chi connectivity index (χ4n) is 3.18. The van der Waals surface area contributed by atoms with Gasteiger partial charge in [-0.15, -0.1) is 0 Å². The van der Waals surface area contributed by atoms with Crippen molar-refractivity contribution >= 4 is 21.8 Å². The molecular weight excluding hydrogens is 342 g/mol. The minimum atomic E-state index is 0.156. The lowest BCUT2D eigenvalue weighted by Gasteiger charge is -2.39. The molecule has 0 radical (unpaired) electrons. The van der Waals surface area contributed by atoms with Crippen LogP contribution in [0.15, 0.2) is 28.7 Å². The minimum Gasteiger partial charge on any atom is -0.340 e. The number of benzene rings is 1. The third-order valence-corrected chi connectivity index (χ3v) is 5.38. The number of halogens is 1. The molecule has 1 aromatic carbocycles. The summed E-state index contributed by atoms with van der Waals surface area (Å²) in [6.45, 7) is 4.92. The third kappa shape index (κ3) is 4.31. The Morgan fingerprint density at radius 1 is 1.45 bits per heavy atom. The van der Waals surface area contributed by atoms with E-state index in [4.69, 9.17) is 5.73 Å². The molecule has 22 heavy (non-hydrogen) atoms. The van der Waals surface area contributed by atoms with Gasteiger partial charge in [-0.25, -0.2) is 0 Å². The molecule has 5 heteroatoms. The molecular formula is C17H26BrN3O. The van der Waals surface area contributed by atoms with E-state index in [1.807, 2.05) is 31.3 Å². The molecule has 0 aliphatic carbocycles. The Hall–Kier alpha value is -0.910. The van der Waals surface area contributed by atoms with Gasteiger partial charge in [0, 0.05) is 30.7 Å². The highest BCUT2D eigenvalue weighted by Gasteiger charge is 2.29. The van der Waals surface area contributed by atoms with E-state index in [9.17, 15) is 4.79 Å². The van der Waals surface area contributed by atoms with Crippen LogP contribution in [0.3, 0.4) is 0 Å². The molecule has 2 N–H and O–H groups in total. The van der Waals surface area contributed by atoms with Gasteiger partial charge in [0.1, 0.15) is 0 Å². The number of nitrogens with zero attached hydrogens (tertiary/aromatic N) is 2. The number of likely N-dealkylation sites (tertiary alicyclic amines) is 1. The second-order valence-electron chi connectivity index (χ2n) is 6.23. The maximum atomic E-state index is 12.5. The number of piperidine rings is 1. The molecule has 1 saturated heterocycles. The van der Waals surface area contributed by atoms with E-state index in [1.165, 1.54) is 6.42 Å². The van der Waals surface area contributed by atoms with Crippen molar-refractivity contribution in [1.82, 2.24) is 9.80 Å². The van der Waals surface area contributed by atoms with Crippen molar-refractivity contribution in [3.05, 3.63) is 34.3 Å². The third-order valence-electron chi connectivity index (χ3n) is 4.60. The van der Waals surface area contributed by atoms with E-state index in [1.54, 1.807) is 4.90 Å². The minimum absolute atomic E-state index is 0.156. The van der Waals surface area contributed by atoms with Crippen molar-refractivity contribution in [2.45, 2.75) is 32.4 Å². The lowest BCUT2D eigenvalue weighted by atomic mass is 9.91. The average Bonchev–Trinajstić information content (AvgIpc) is 2.49. The molecule has 1 fully saturated rings. The number of hydrogen-bond acceptors (Lipinski definition) is 3. The second kappa shape index (κ2) is 8.09. The predicted octanol–water partition coefficient (Wildman–Crippen LogP) is 2.47.